The third-order valence-electron chi connectivity index (χ3n) is 7.30. The van der Waals surface area contributed by atoms with E-state index in [2.05, 4.69) is 26.1 Å². The molecule has 1 aliphatic heterocycles. The maximum Gasteiger partial charge on any atom is 0.414 e. The van der Waals surface area contributed by atoms with Crippen LogP contribution < -0.4 is 10.2 Å². The van der Waals surface area contributed by atoms with Crippen LogP contribution in [0.3, 0.4) is 0 Å². The van der Waals surface area contributed by atoms with Crippen molar-refractivity contribution < 1.29 is 14.3 Å². The fourth-order valence-corrected chi connectivity index (χ4v) is 5.08. The summed E-state index contributed by atoms with van der Waals surface area (Å²) in [4.78, 5) is 25.9. The van der Waals surface area contributed by atoms with Gasteiger partial charge in [-0.1, -0.05) is 20.8 Å². The van der Waals surface area contributed by atoms with Gasteiger partial charge in [0.15, 0.2) is 0 Å². The van der Waals surface area contributed by atoms with E-state index in [0.29, 0.717) is 24.6 Å². The number of rotatable bonds is 3. The molecule has 0 unspecified atom stereocenters. The molecule has 2 bridgehead atoms. The zero-order valence-electron chi connectivity index (χ0n) is 15.2. The second-order valence-electron chi connectivity index (χ2n) is 8.45. The van der Waals surface area contributed by atoms with Crippen molar-refractivity contribution in [1.29, 1.82) is 0 Å². The first kappa shape index (κ1) is 16.4. The summed E-state index contributed by atoms with van der Waals surface area (Å²) in [6, 6.07) is 7.44. The van der Waals surface area contributed by atoms with E-state index in [4.69, 9.17) is 4.74 Å². The van der Waals surface area contributed by atoms with E-state index in [1.54, 1.807) is 17.0 Å². The molecule has 5 nitrogen and oxygen atoms in total. The third-order valence-corrected chi connectivity index (χ3v) is 7.30. The van der Waals surface area contributed by atoms with Gasteiger partial charge in [-0.3, -0.25) is 9.69 Å². The van der Waals surface area contributed by atoms with Gasteiger partial charge < -0.3 is 10.1 Å². The first-order valence-electron chi connectivity index (χ1n) is 9.18. The number of anilines is 1. The van der Waals surface area contributed by atoms with Crippen molar-refractivity contribution in [2.24, 2.45) is 16.7 Å². The average Bonchev–Trinajstić information content (AvgIpc) is 3.16. The normalized spacial score (nSPS) is 32.8. The Morgan fingerprint density at radius 3 is 2.48 bits per heavy atom. The van der Waals surface area contributed by atoms with Gasteiger partial charge in [-0.2, -0.15) is 0 Å². The fraction of sp³-hybridized carbons (Fsp3) is 0.600. The SMILES string of the molecule is CC1(C)[C@H]2CC[C@@]1(C)[C@H](NC(=O)c1ccc(N3CCOC3=O)cc1)C2. The molecule has 1 saturated heterocycles. The van der Waals surface area contributed by atoms with Gasteiger partial charge in [0.1, 0.15) is 6.61 Å². The van der Waals surface area contributed by atoms with Crippen LogP contribution in [0, 0.1) is 16.7 Å². The molecular formula is C20H26N2O3. The molecule has 1 aromatic rings. The third kappa shape index (κ3) is 2.35. The minimum Gasteiger partial charge on any atom is -0.447 e. The highest BCUT2D eigenvalue weighted by Gasteiger charge is 2.61. The molecule has 0 radical (unpaired) electrons. The molecule has 3 atom stereocenters. The van der Waals surface area contributed by atoms with Crippen molar-refractivity contribution in [2.45, 2.75) is 46.1 Å². The molecular weight excluding hydrogens is 316 g/mol. The predicted octanol–water partition coefficient (Wildman–Crippen LogP) is 3.59. The molecule has 2 aliphatic carbocycles. The van der Waals surface area contributed by atoms with Crippen molar-refractivity contribution in [3.63, 3.8) is 0 Å². The van der Waals surface area contributed by atoms with Crippen LogP contribution >= 0.6 is 0 Å². The van der Waals surface area contributed by atoms with Crippen LogP contribution in [-0.2, 0) is 4.74 Å². The predicted molar refractivity (Wildman–Crippen MR) is 95.6 cm³/mol. The Balaban J connectivity index is 1.46. The molecule has 0 spiro atoms. The zero-order chi connectivity index (χ0) is 17.8. The molecule has 3 fully saturated rings. The molecule has 2 amide bonds. The molecule has 1 aromatic carbocycles. The molecule has 3 aliphatic rings. The maximum atomic E-state index is 12.7. The summed E-state index contributed by atoms with van der Waals surface area (Å²) in [5.41, 5.74) is 1.87. The number of ether oxygens (including phenoxy) is 1. The van der Waals surface area contributed by atoms with Crippen LogP contribution in [0.2, 0.25) is 0 Å². The number of carbonyl (C=O) groups is 2. The first-order valence-corrected chi connectivity index (χ1v) is 9.18. The summed E-state index contributed by atoms with van der Waals surface area (Å²) in [6.45, 7) is 7.99. The van der Waals surface area contributed by atoms with E-state index in [9.17, 15) is 9.59 Å². The molecule has 5 heteroatoms. The number of hydrogen-bond acceptors (Lipinski definition) is 3. The summed E-state index contributed by atoms with van der Waals surface area (Å²) >= 11 is 0. The number of nitrogens with zero attached hydrogens (tertiary/aromatic N) is 1. The Morgan fingerprint density at radius 1 is 1.24 bits per heavy atom. The van der Waals surface area contributed by atoms with Gasteiger partial charge in [-0.05, 0) is 60.3 Å². The van der Waals surface area contributed by atoms with Crippen molar-refractivity contribution in [3.05, 3.63) is 29.8 Å². The lowest BCUT2D eigenvalue weighted by Gasteiger charge is -2.39. The number of cyclic esters (lactones) is 1. The van der Waals surface area contributed by atoms with Crippen LogP contribution in [-0.4, -0.2) is 31.2 Å². The van der Waals surface area contributed by atoms with Gasteiger partial charge in [0.25, 0.3) is 5.91 Å². The van der Waals surface area contributed by atoms with Gasteiger partial charge in [-0.25, -0.2) is 4.79 Å². The Kier molecular flexibility index (Phi) is 3.60. The lowest BCUT2D eigenvalue weighted by atomic mass is 9.69. The van der Waals surface area contributed by atoms with Crippen molar-refractivity contribution in [1.82, 2.24) is 5.32 Å². The fourth-order valence-electron chi connectivity index (χ4n) is 5.08. The van der Waals surface area contributed by atoms with Crippen molar-refractivity contribution in [2.75, 3.05) is 18.1 Å². The van der Waals surface area contributed by atoms with E-state index < -0.39 is 0 Å². The number of nitrogens with one attached hydrogen (secondary N) is 1. The number of amides is 2. The van der Waals surface area contributed by atoms with Gasteiger partial charge in [0.2, 0.25) is 0 Å². The summed E-state index contributed by atoms with van der Waals surface area (Å²) in [6.07, 6.45) is 3.21. The van der Waals surface area contributed by atoms with E-state index >= 15 is 0 Å². The highest BCUT2D eigenvalue weighted by molar-refractivity contribution is 5.96. The van der Waals surface area contributed by atoms with Crippen LogP contribution in [0.1, 0.15) is 50.4 Å². The minimum absolute atomic E-state index is 0.0230. The number of fused-ring (bicyclic) bond motifs is 2. The van der Waals surface area contributed by atoms with Gasteiger partial charge in [-0.15, -0.1) is 0 Å². The van der Waals surface area contributed by atoms with Gasteiger partial charge in [0.05, 0.1) is 6.54 Å². The molecule has 4 rings (SSSR count). The molecule has 25 heavy (non-hydrogen) atoms. The highest BCUT2D eigenvalue weighted by Crippen LogP contribution is 2.65. The quantitative estimate of drug-likeness (QED) is 0.913. The molecule has 1 N–H and O–H groups in total. The molecule has 1 heterocycles. The summed E-state index contributed by atoms with van der Waals surface area (Å²) in [5, 5.41) is 3.28. The van der Waals surface area contributed by atoms with Gasteiger partial charge >= 0.3 is 6.09 Å². The highest BCUT2D eigenvalue weighted by atomic mass is 16.6. The smallest absolute Gasteiger partial charge is 0.414 e. The van der Waals surface area contributed by atoms with Crippen molar-refractivity contribution in [3.8, 4) is 0 Å². The number of benzene rings is 1. The zero-order valence-corrected chi connectivity index (χ0v) is 15.2. The number of hydrogen-bond donors (Lipinski definition) is 1. The lowest BCUT2D eigenvalue weighted by Crippen LogP contribution is -2.46. The maximum absolute atomic E-state index is 12.7. The Hall–Kier alpha value is -2.04. The lowest BCUT2D eigenvalue weighted by molar-refractivity contribution is 0.0826. The van der Waals surface area contributed by atoms with E-state index in [1.807, 2.05) is 12.1 Å². The van der Waals surface area contributed by atoms with E-state index in [-0.39, 0.29) is 28.9 Å². The van der Waals surface area contributed by atoms with Crippen LogP contribution in [0.25, 0.3) is 0 Å². The van der Waals surface area contributed by atoms with Crippen LogP contribution in [0.15, 0.2) is 24.3 Å². The van der Waals surface area contributed by atoms with Crippen LogP contribution in [0.5, 0.6) is 0 Å². The molecule has 2 saturated carbocycles. The summed E-state index contributed by atoms with van der Waals surface area (Å²) < 4.78 is 4.95. The summed E-state index contributed by atoms with van der Waals surface area (Å²) in [5.74, 6) is 0.677. The second-order valence-corrected chi connectivity index (χ2v) is 8.45. The summed E-state index contributed by atoms with van der Waals surface area (Å²) in [7, 11) is 0. The van der Waals surface area contributed by atoms with Gasteiger partial charge in [0, 0.05) is 17.3 Å². The second kappa shape index (κ2) is 5.48. The standard InChI is InChI=1S/C20H26N2O3/c1-19(2)14-8-9-20(19,3)16(12-14)21-17(23)13-4-6-15(7-5-13)22-10-11-25-18(22)24/h4-7,14,16H,8-12H2,1-3H3,(H,21,23)/t14-,16+,20-/m0/s1. The largest absolute Gasteiger partial charge is 0.447 e. The Bertz CT molecular complexity index is 712. The van der Waals surface area contributed by atoms with Crippen LogP contribution in [0.4, 0.5) is 10.5 Å². The monoisotopic (exact) mass is 342 g/mol. The Labute approximate surface area is 148 Å². The van der Waals surface area contributed by atoms with E-state index in [0.717, 1.165) is 12.1 Å². The molecule has 134 valence electrons. The van der Waals surface area contributed by atoms with Crippen molar-refractivity contribution >= 4 is 17.7 Å². The topological polar surface area (TPSA) is 58.6 Å². The average molecular weight is 342 g/mol. The molecule has 0 aromatic heterocycles. The first-order chi connectivity index (χ1) is 11.8. The number of carbonyl (C=O) groups excluding carboxylic acids is 2. The minimum atomic E-state index is -0.325. The Morgan fingerprint density at radius 2 is 1.96 bits per heavy atom. The van der Waals surface area contributed by atoms with E-state index in [1.165, 1.54) is 12.8 Å².